The van der Waals surface area contributed by atoms with E-state index in [4.69, 9.17) is 4.74 Å². The minimum absolute atomic E-state index is 0.00383. The number of benzene rings is 1. The van der Waals surface area contributed by atoms with Gasteiger partial charge in [0.05, 0.1) is 6.61 Å². The molecule has 2 aliphatic rings. The summed E-state index contributed by atoms with van der Waals surface area (Å²) >= 11 is 0. The number of aliphatic carboxylic acids is 1. The minimum atomic E-state index is -1.01. The molecule has 3 rings (SSSR count). The average Bonchev–Trinajstić information content (AvgIpc) is 3.00. The molecule has 0 bridgehead atoms. The summed E-state index contributed by atoms with van der Waals surface area (Å²) in [5, 5.41) is 9.66. The lowest BCUT2D eigenvalue weighted by Gasteiger charge is -2.44. The van der Waals surface area contributed by atoms with Gasteiger partial charge in [-0.2, -0.15) is 0 Å². The molecule has 2 aliphatic heterocycles. The Morgan fingerprint density at radius 1 is 1.19 bits per heavy atom. The van der Waals surface area contributed by atoms with Crippen LogP contribution in [0.3, 0.4) is 0 Å². The Kier molecular flexibility index (Phi) is 5.32. The van der Waals surface area contributed by atoms with Gasteiger partial charge in [0.25, 0.3) is 5.91 Å². The second-order valence-electron chi connectivity index (χ2n) is 8.55. The summed E-state index contributed by atoms with van der Waals surface area (Å²) in [5.41, 5.74) is 0.833. The van der Waals surface area contributed by atoms with E-state index in [2.05, 4.69) is 32.6 Å². The fraction of sp³-hybridized carbons (Fsp3) is 0.619. The first kappa shape index (κ1) is 19.8. The van der Waals surface area contributed by atoms with Crippen molar-refractivity contribution in [2.75, 3.05) is 26.2 Å². The number of rotatable bonds is 3. The molecule has 1 aromatic rings. The molecule has 1 N–H and O–H groups in total. The fourth-order valence-electron chi connectivity index (χ4n) is 4.03. The molecule has 1 spiro atoms. The number of nitrogens with zero attached hydrogens (tertiary/aromatic N) is 2. The van der Waals surface area contributed by atoms with Gasteiger partial charge in [-0.15, -0.1) is 0 Å². The number of carboxylic acid groups (broad SMARTS) is 1. The van der Waals surface area contributed by atoms with Gasteiger partial charge in [0.1, 0.15) is 5.72 Å². The zero-order valence-electron chi connectivity index (χ0n) is 16.7. The van der Waals surface area contributed by atoms with E-state index < -0.39 is 17.7 Å². The molecule has 0 aromatic heterocycles. The number of carboxylic acids is 1. The average molecular weight is 374 g/mol. The van der Waals surface area contributed by atoms with Gasteiger partial charge in [-0.1, -0.05) is 39.8 Å². The lowest BCUT2D eigenvalue weighted by molar-refractivity contribution is -0.143. The number of carbonyl (C=O) groups excluding carboxylic acids is 1. The predicted octanol–water partition coefficient (Wildman–Crippen LogP) is 2.72. The molecule has 1 atom stereocenters. The lowest BCUT2D eigenvalue weighted by Crippen LogP contribution is -2.58. The van der Waals surface area contributed by atoms with Crippen LogP contribution < -0.4 is 0 Å². The van der Waals surface area contributed by atoms with Gasteiger partial charge >= 0.3 is 5.97 Å². The zero-order chi connectivity index (χ0) is 19.8. The summed E-state index contributed by atoms with van der Waals surface area (Å²) in [7, 11) is 0. The van der Waals surface area contributed by atoms with Gasteiger partial charge in [0.2, 0.25) is 0 Å². The van der Waals surface area contributed by atoms with Crippen LogP contribution in [0.15, 0.2) is 24.3 Å². The molecule has 0 aliphatic carbocycles. The van der Waals surface area contributed by atoms with E-state index in [1.807, 2.05) is 12.1 Å². The van der Waals surface area contributed by atoms with E-state index in [-0.39, 0.29) is 17.9 Å². The quantitative estimate of drug-likeness (QED) is 0.881. The molecule has 1 amide bonds. The summed E-state index contributed by atoms with van der Waals surface area (Å²) in [6, 6.07) is 6.57. The van der Waals surface area contributed by atoms with Crippen molar-refractivity contribution >= 4 is 11.9 Å². The Balaban J connectivity index is 1.89. The number of amides is 1. The van der Waals surface area contributed by atoms with Crippen molar-refractivity contribution in [3.8, 4) is 0 Å². The maximum absolute atomic E-state index is 13.3. The van der Waals surface area contributed by atoms with Crippen LogP contribution in [-0.2, 0) is 14.9 Å². The summed E-state index contributed by atoms with van der Waals surface area (Å²) < 4.78 is 5.98. The first-order chi connectivity index (χ1) is 12.7. The van der Waals surface area contributed by atoms with Crippen LogP contribution >= 0.6 is 0 Å². The SMILES string of the molecule is CCN1CCC2(CC1)OC[C@@H](C(=O)O)N2C(=O)c1ccc(C(C)(C)C)cc1. The highest BCUT2D eigenvalue weighted by molar-refractivity contribution is 5.97. The maximum Gasteiger partial charge on any atom is 0.328 e. The number of ether oxygens (including phenoxy) is 1. The van der Waals surface area contributed by atoms with Crippen molar-refractivity contribution in [3.63, 3.8) is 0 Å². The van der Waals surface area contributed by atoms with Crippen LogP contribution in [-0.4, -0.2) is 64.8 Å². The molecule has 0 saturated carbocycles. The summed E-state index contributed by atoms with van der Waals surface area (Å²) in [6.45, 7) is 11.1. The van der Waals surface area contributed by atoms with E-state index in [1.165, 1.54) is 4.90 Å². The molecular weight excluding hydrogens is 344 g/mol. The topological polar surface area (TPSA) is 70.1 Å². The Morgan fingerprint density at radius 3 is 2.26 bits per heavy atom. The molecule has 0 radical (unpaired) electrons. The number of carbonyl (C=O) groups is 2. The zero-order valence-corrected chi connectivity index (χ0v) is 16.7. The molecule has 6 heteroatoms. The third kappa shape index (κ3) is 3.73. The second kappa shape index (κ2) is 7.24. The Bertz CT molecular complexity index is 700. The van der Waals surface area contributed by atoms with Crippen molar-refractivity contribution < 1.29 is 19.4 Å². The monoisotopic (exact) mass is 374 g/mol. The van der Waals surface area contributed by atoms with Crippen LogP contribution in [0.2, 0.25) is 0 Å². The second-order valence-corrected chi connectivity index (χ2v) is 8.55. The third-order valence-corrected chi connectivity index (χ3v) is 5.85. The van der Waals surface area contributed by atoms with Crippen LogP contribution in [0, 0.1) is 0 Å². The largest absolute Gasteiger partial charge is 0.480 e. The Hall–Kier alpha value is -1.92. The Morgan fingerprint density at radius 2 is 1.78 bits per heavy atom. The van der Waals surface area contributed by atoms with E-state index in [9.17, 15) is 14.7 Å². The molecule has 2 heterocycles. The van der Waals surface area contributed by atoms with Crippen molar-refractivity contribution in [1.82, 2.24) is 9.80 Å². The van der Waals surface area contributed by atoms with Crippen molar-refractivity contribution in [3.05, 3.63) is 35.4 Å². The molecule has 148 valence electrons. The van der Waals surface area contributed by atoms with Gasteiger partial charge < -0.3 is 14.7 Å². The molecule has 27 heavy (non-hydrogen) atoms. The number of hydrogen-bond acceptors (Lipinski definition) is 4. The highest BCUT2D eigenvalue weighted by atomic mass is 16.5. The highest BCUT2D eigenvalue weighted by Gasteiger charge is 2.53. The van der Waals surface area contributed by atoms with Gasteiger partial charge in [-0.25, -0.2) is 4.79 Å². The molecule has 0 unspecified atom stereocenters. The predicted molar refractivity (Wildman–Crippen MR) is 103 cm³/mol. The molecule has 1 aromatic carbocycles. The standard InChI is InChI=1S/C21H30N2O4/c1-5-22-12-10-21(11-13-22)23(17(14-27-21)19(25)26)18(24)15-6-8-16(9-7-15)20(2,3)4/h6-9,17H,5,10-14H2,1-4H3,(H,25,26)/t17-/m0/s1. The summed E-state index contributed by atoms with van der Waals surface area (Å²) in [5.74, 6) is -1.27. The van der Waals surface area contributed by atoms with Gasteiger partial charge in [0, 0.05) is 31.5 Å². The summed E-state index contributed by atoms with van der Waals surface area (Å²) in [6.07, 6.45) is 1.27. The van der Waals surface area contributed by atoms with Crippen LogP contribution in [0.5, 0.6) is 0 Å². The van der Waals surface area contributed by atoms with E-state index in [1.54, 1.807) is 12.1 Å². The van der Waals surface area contributed by atoms with Crippen LogP contribution in [0.4, 0.5) is 0 Å². The first-order valence-corrected chi connectivity index (χ1v) is 9.71. The highest BCUT2D eigenvalue weighted by Crippen LogP contribution is 2.38. The smallest absolute Gasteiger partial charge is 0.328 e. The van der Waals surface area contributed by atoms with Crippen LogP contribution in [0.25, 0.3) is 0 Å². The van der Waals surface area contributed by atoms with E-state index in [0.29, 0.717) is 18.4 Å². The Labute approximate surface area is 161 Å². The van der Waals surface area contributed by atoms with Crippen LogP contribution in [0.1, 0.15) is 56.5 Å². The fourth-order valence-corrected chi connectivity index (χ4v) is 4.03. The molecule has 2 saturated heterocycles. The molecular formula is C21H30N2O4. The summed E-state index contributed by atoms with van der Waals surface area (Å²) in [4.78, 5) is 28.9. The van der Waals surface area contributed by atoms with Gasteiger partial charge in [-0.05, 0) is 29.7 Å². The van der Waals surface area contributed by atoms with Crippen molar-refractivity contribution in [2.24, 2.45) is 0 Å². The molecule has 2 fully saturated rings. The normalized spacial score (nSPS) is 23.0. The first-order valence-electron chi connectivity index (χ1n) is 9.71. The number of piperidine rings is 1. The van der Waals surface area contributed by atoms with Crippen molar-refractivity contribution in [2.45, 2.75) is 57.7 Å². The van der Waals surface area contributed by atoms with Crippen molar-refractivity contribution in [1.29, 1.82) is 0 Å². The molecule has 6 nitrogen and oxygen atoms in total. The van der Waals surface area contributed by atoms with Gasteiger partial charge in [-0.3, -0.25) is 9.69 Å². The maximum atomic E-state index is 13.3. The number of likely N-dealkylation sites (tertiary alicyclic amines) is 1. The minimum Gasteiger partial charge on any atom is -0.480 e. The number of hydrogen-bond donors (Lipinski definition) is 1. The lowest BCUT2D eigenvalue weighted by atomic mass is 9.86. The third-order valence-electron chi connectivity index (χ3n) is 5.85. The van der Waals surface area contributed by atoms with Gasteiger partial charge in [0.15, 0.2) is 6.04 Å². The van der Waals surface area contributed by atoms with E-state index in [0.717, 1.165) is 25.2 Å². The van der Waals surface area contributed by atoms with E-state index >= 15 is 0 Å².